The third-order valence-electron chi connectivity index (χ3n) is 5.10. The van der Waals surface area contributed by atoms with Crippen LogP contribution in [0, 0.1) is 6.92 Å². The van der Waals surface area contributed by atoms with Crippen molar-refractivity contribution in [2.45, 2.75) is 11.8 Å². The number of nitrogens with zero attached hydrogens (tertiary/aromatic N) is 1. The molecule has 35 heavy (non-hydrogen) atoms. The summed E-state index contributed by atoms with van der Waals surface area (Å²) in [6, 6.07) is 22.9. The molecule has 0 heterocycles. The third-order valence-corrected chi connectivity index (χ3v) is 6.92. The summed E-state index contributed by atoms with van der Waals surface area (Å²) in [6.45, 7) is 0.952. The van der Waals surface area contributed by atoms with Gasteiger partial charge in [0.2, 0.25) is 10.0 Å². The van der Waals surface area contributed by atoms with Gasteiger partial charge in [-0.3, -0.25) is 25.2 Å². The lowest BCUT2D eigenvalue weighted by Crippen LogP contribution is -2.49. The molecule has 0 atom stereocenters. The molecule has 0 fully saturated rings. The van der Waals surface area contributed by atoms with Crippen molar-refractivity contribution in [1.29, 1.82) is 0 Å². The first-order valence-corrected chi connectivity index (χ1v) is 12.1. The summed E-state index contributed by atoms with van der Waals surface area (Å²) in [5.41, 5.74) is 7.55. The van der Waals surface area contributed by atoms with E-state index in [1.807, 2.05) is 49.4 Å². The number of carbonyl (C=O) groups is 3. The normalized spacial score (nSPS) is 11.1. The van der Waals surface area contributed by atoms with Crippen LogP contribution >= 0.6 is 0 Å². The van der Waals surface area contributed by atoms with Crippen LogP contribution in [0.1, 0.15) is 15.9 Å². The number of benzene rings is 3. The Morgan fingerprint density at radius 1 is 0.771 bits per heavy atom. The Bertz CT molecular complexity index is 1290. The second kappa shape index (κ2) is 11.4. The molecule has 0 aliphatic carbocycles. The van der Waals surface area contributed by atoms with E-state index in [9.17, 15) is 22.8 Å². The molecule has 0 unspecified atom stereocenters. The predicted molar refractivity (Wildman–Crippen MR) is 131 cm³/mol. The van der Waals surface area contributed by atoms with Crippen LogP contribution in [0.5, 0.6) is 0 Å². The quantitative estimate of drug-likeness (QED) is 0.412. The fourth-order valence-electron chi connectivity index (χ4n) is 3.11. The van der Waals surface area contributed by atoms with Gasteiger partial charge in [-0.1, -0.05) is 60.2 Å². The average molecular weight is 495 g/mol. The molecule has 0 aliphatic rings. The minimum Gasteiger partial charge on any atom is -0.343 e. The van der Waals surface area contributed by atoms with Gasteiger partial charge in [-0.2, -0.15) is 4.31 Å². The Hall–Kier alpha value is -4.02. The summed E-state index contributed by atoms with van der Waals surface area (Å²) in [5, 5.41) is 2.46. The number of rotatable bonds is 8. The summed E-state index contributed by atoms with van der Waals surface area (Å²) in [5.74, 6) is -1.86. The van der Waals surface area contributed by atoms with Crippen LogP contribution in [-0.4, -0.2) is 50.6 Å². The number of nitrogens with one attached hydrogen (secondary N) is 3. The summed E-state index contributed by atoms with van der Waals surface area (Å²) in [4.78, 5) is 36.4. The van der Waals surface area contributed by atoms with Gasteiger partial charge in [0.05, 0.1) is 18.0 Å². The molecule has 0 aliphatic heterocycles. The maximum Gasteiger partial charge on any atom is 0.257 e. The van der Waals surface area contributed by atoms with Crippen LogP contribution in [0.15, 0.2) is 83.8 Å². The minimum atomic E-state index is -3.86. The molecule has 0 radical (unpaired) electrons. The van der Waals surface area contributed by atoms with Gasteiger partial charge in [0, 0.05) is 12.6 Å². The third kappa shape index (κ3) is 6.98. The molecule has 3 rings (SSSR count). The zero-order valence-electron chi connectivity index (χ0n) is 19.3. The lowest BCUT2D eigenvalue weighted by Gasteiger charge is -2.17. The lowest BCUT2D eigenvalue weighted by molar-refractivity contribution is -0.128. The molecule has 3 aromatic carbocycles. The largest absolute Gasteiger partial charge is 0.343 e. The van der Waals surface area contributed by atoms with Crippen LogP contribution in [0.3, 0.4) is 0 Å². The monoisotopic (exact) mass is 494 g/mol. The van der Waals surface area contributed by atoms with Gasteiger partial charge >= 0.3 is 0 Å². The van der Waals surface area contributed by atoms with E-state index in [0.29, 0.717) is 5.56 Å². The molecular weight excluding hydrogens is 468 g/mol. The first kappa shape index (κ1) is 25.6. The SMILES string of the molecule is Cc1ccc(S(=O)(=O)N(C)CC(=O)NNC(=O)CNC(=O)c2ccc(-c3ccccc3)cc2)cc1. The van der Waals surface area contributed by atoms with Gasteiger partial charge < -0.3 is 5.32 Å². The fraction of sp³-hybridized carbons (Fsp3) is 0.160. The van der Waals surface area contributed by atoms with Crippen LogP contribution in [0.25, 0.3) is 11.1 Å². The first-order valence-electron chi connectivity index (χ1n) is 10.7. The fourth-order valence-corrected chi connectivity index (χ4v) is 4.23. The van der Waals surface area contributed by atoms with E-state index in [0.717, 1.165) is 21.0 Å². The smallest absolute Gasteiger partial charge is 0.257 e. The molecule has 9 nitrogen and oxygen atoms in total. The van der Waals surface area contributed by atoms with Gasteiger partial charge in [0.1, 0.15) is 0 Å². The number of carbonyl (C=O) groups excluding carboxylic acids is 3. The lowest BCUT2D eigenvalue weighted by atomic mass is 10.0. The molecule has 0 spiro atoms. The Morgan fingerprint density at radius 3 is 1.97 bits per heavy atom. The van der Waals surface area contributed by atoms with Crippen molar-refractivity contribution >= 4 is 27.7 Å². The van der Waals surface area contributed by atoms with Crippen molar-refractivity contribution in [2.24, 2.45) is 0 Å². The highest BCUT2D eigenvalue weighted by molar-refractivity contribution is 7.89. The van der Waals surface area contributed by atoms with Crippen LogP contribution < -0.4 is 16.2 Å². The first-order chi connectivity index (χ1) is 16.7. The second-order valence-electron chi connectivity index (χ2n) is 7.80. The molecule has 0 saturated carbocycles. The van der Waals surface area contributed by atoms with Crippen molar-refractivity contribution in [3.8, 4) is 11.1 Å². The molecule has 0 bridgehead atoms. The van der Waals surface area contributed by atoms with E-state index >= 15 is 0 Å². The highest BCUT2D eigenvalue weighted by atomic mass is 32.2. The van der Waals surface area contributed by atoms with Crippen molar-refractivity contribution in [2.75, 3.05) is 20.1 Å². The van der Waals surface area contributed by atoms with Crippen molar-refractivity contribution < 1.29 is 22.8 Å². The molecule has 0 aromatic heterocycles. The Balaban J connectivity index is 1.43. The number of amides is 3. The molecule has 0 saturated heterocycles. The number of likely N-dealkylation sites (N-methyl/N-ethyl adjacent to an activating group) is 1. The summed E-state index contributed by atoms with van der Waals surface area (Å²) in [6.07, 6.45) is 0. The zero-order chi connectivity index (χ0) is 25.4. The van der Waals surface area contributed by atoms with E-state index in [1.165, 1.54) is 19.2 Å². The Kier molecular flexibility index (Phi) is 8.34. The second-order valence-corrected chi connectivity index (χ2v) is 9.84. The van der Waals surface area contributed by atoms with E-state index in [4.69, 9.17) is 0 Å². The number of hydrazine groups is 1. The molecule has 3 N–H and O–H groups in total. The van der Waals surface area contributed by atoms with Gasteiger partial charge in [-0.05, 0) is 42.3 Å². The van der Waals surface area contributed by atoms with E-state index in [2.05, 4.69) is 16.2 Å². The summed E-state index contributed by atoms with van der Waals surface area (Å²) < 4.78 is 26.0. The average Bonchev–Trinajstić information content (AvgIpc) is 2.87. The highest BCUT2D eigenvalue weighted by Gasteiger charge is 2.23. The van der Waals surface area contributed by atoms with E-state index in [-0.39, 0.29) is 11.4 Å². The van der Waals surface area contributed by atoms with Crippen LogP contribution in [0.4, 0.5) is 0 Å². The van der Waals surface area contributed by atoms with Crippen LogP contribution in [-0.2, 0) is 19.6 Å². The highest BCUT2D eigenvalue weighted by Crippen LogP contribution is 2.19. The summed E-state index contributed by atoms with van der Waals surface area (Å²) >= 11 is 0. The molecule has 3 aromatic rings. The molecule has 3 amide bonds. The maximum absolute atomic E-state index is 12.5. The molecule has 10 heteroatoms. The van der Waals surface area contributed by atoms with Crippen molar-refractivity contribution in [3.63, 3.8) is 0 Å². The van der Waals surface area contributed by atoms with E-state index < -0.39 is 34.3 Å². The zero-order valence-corrected chi connectivity index (χ0v) is 20.1. The van der Waals surface area contributed by atoms with Gasteiger partial charge in [0.25, 0.3) is 17.7 Å². The van der Waals surface area contributed by atoms with Gasteiger partial charge in [-0.15, -0.1) is 0 Å². The predicted octanol–water partition coefficient (Wildman–Crippen LogP) is 1.86. The number of aryl methyl sites for hydroxylation is 1. The van der Waals surface area contributed by atoms with Gasteiger partial charge in [0.15, 0.2) is 0 Å². The molecular formula is C25H26N4O5S. The number of hydrogen-bond acceptors (Lipinski definition) is 5. The summed E-state index contributed by atoms with van der Waals surface area (Å²) in [7, 11) is -2.60. The minimum absolute atomic E-state index is 0.0574. The number of hydrogen-bond donors (Lipinski definition) is 3. The Morgan fingerprint density at radius 2 is 1.34 bits per heavy atom. The van der Waals surface area contributed by atoms with Crippen LogP contribution in [0.2, 0.25) is 0 Å². The topological polar surface area (TPSA) is 125 Å². The Labute approximate surface area is 204 Å². The molecule has 182 valence electrons. The van der Waals surface area contributed by atoms with Crippen molar-refractivity contribution in [3.05, 3.63) is 90.0 Å². The van der Waals surface area contributed by atoms with E-state index in [1.54, 1.807) is 24.3 Å². The standard InChI is InChI=1S/C25H26N4O5S/c1-18-8-14-22(15-9-18)35(33,34)29(2)17-24(31)28-27-23(30)16-26-25(32)21-12-10-20(11-13-21)19-6-4-3-5-7-19/h3-15H,16-17H2,1-2H3,(H,26,32)(H,27,30)(H,28,31). The van der Waals surface area contributed by atoms with Crippen molar-refractivity contribution in [1.82, 2.24) is 20.5 Å². The number of sulfonamides is 1. The van der Waals surface area contributed by atoms with Gasteiger partial charge in [-0.25, -0.2) is 8.42 Å². The maximum atomic E-state index is 12.5.